The monoisotopic (exact) mass is 371 g/mol. The van der Waals surface area contributed by atoms with E-state index in [-0.39, 0.29) is 0 Å². The largest absolute Gasteiger partial charge is 0.496 e. The Morgan fingerprint density at radius 3 is 1.65 bits per heavy atom. The maximum absolute atomic E-state index is 11.6. The van der Waals surface area contributed by atoms with E-state index >= 15 is 0 Å². The first-order valence-electron chi connectivity index (χ1n) is 7.85. The topological polar surface area (TPSA) is 65.0 Å². The van der Waals surface area contributed by atoms with Crippen molar-refractivity contribution in [1.82, 2.24) is 0 Å². The normalized spacial score (nSPS) is 11.7. The number of methoxy groups -OCH3 is 2. The van der Waals surface area contributed by atoms with Crippen LogP contribution in [0.25, 0.3) is 12.2 Å². The molecule has 0 aliphatic carbocycles. The van der Waals surface area contributed by atoms with Gasteiger partial charge in [0.2, 0.25) is 0 Å². The molecule has 0 aromatic heterocycles. The molecule has 0 atom stereocenters. The van der Waals surface area contributed by atoms with Gasteiger partial charge >= 0.3 is 0 Å². The number of sulfonamides is 1. The third-order valence-corrected chi connectivity index (χ3v) is 3.96. The highest BCUT2D eigenvalue weighted by atomic mass is 32.2. The average molecular weight is 371 g/mol. The molecule has 0 saturated carbocycles. The standard InChI is InChI=1S/C20H21NO4S/c1-24-19-10-6-4-8-16(19)12-14-18(21-26(3,22)23)15-13-17-9-5-7-11-20(17)25-2/h4-15H,1-3H3/b14-12+,15-13+. The van der Waals surface area contributed by atoms with Crippen LogP contribution in [0.1, 0.15) is 11.1 Å². The maximum Gasteiger partial charge on any atom is 0.250 e. The first kappa shape index (κ1) is 19.5. The van der Waals surface area contributed by atoms with Gasteiger partial charge in [-0.25, -0.2) is 8.42 Å². The predicted octanol–water partition coefficient (Wildman–Crippen LogP) is 3.83. The lowest BCUT2D eigenvalue weighted by atomic mass is 10.1. The molecule has 0 aliphatic rings. The van der Waals surface area contributed by atoms with Gasteiger partial charge in [-0.1, -0.05) is 36.4 Å². The van der Waals surface area contributed by atoms with Gasteiger partial charge in [-0.15, -0.1) is 0 Å². The van der Waals surface area contributed by atoms with Crippen LogP contribution in [-0.2, 0) is 10.0 Å². The fraction of sp³-hybridized carbons (Fsp3) is 0.150. The summed E-state index contributed by atoms with van der Waals surface area (Å²) < 4.78 is 37.6. The molecule has 0 heterocycles. The van der Waals surface area contributed by atoms with Gasteiger partial charge in [0.1, 0.15) is 11.5 Å². The molecule has 2 rings (SSSR count). The van der Waals surface area contributed by atoms with Crippen molar-refractivity contribution in [2.45, 2.75) is 0 Å². The maximum atomic E-state index is 11.6. The Balaban J connectivity index is 2.37. The molecule has 2 aromatic rings. The van der Waals surface area contributed by atoms with Crippen LogP contribution in [0.15, 0.2) is 65.1 Å². The minimum Gasteiger partial charge on any atom is -0.496 e. The van der Waals surface area contributed by atoms with Crippen molar-refractivity contribution >= 4 is 27.9 Å². The Morgan fingerprint density at radius 1 is 0.846 bits per heavy atom. The molecule has 6 heteroatoms. The summed E-state index contributed by atoms with van der Waals surface area (Å²) in [5.74, 6) is 1.38. The SMILES string of the molecule is COc1ccccc1/C=C/C(/C=C/c1ccccc1OC)=NS(C)(=O)=O. The minimum absolute atomic E-state index is 0.296. The number of allylic oxidation sites excluding steroid dienone is 2. The molecule has 0 amide bonds. The highest BCUT2D eigenvalue weighted by Crippen LogP contribution is 2.20. The minimum atomic E-state index is -3.54. The summed E-state index contributed by atoms with van der Waals surface area (Å²) in [5, 5.41) is 0. The molecular weight excluding hydrogens is 350 g/mol. The zero-order valence-corrected chi connectivity index (χ0v) is 15.7. The van der Waals surface area contributed by atoms with Crippen molar-refractivity contribution in [3.8, 4) is 11.5 Å². The lowest BCUT2D eigenvalue weighted by Gasteiger charge is -2.04. The molecule has 136 valence electrons. The molecule has 2 aromatic carbocycles. The summed E-state index contributed by atoms with van der Waals surface area (Å²) in [7, 11) is -0.374. The number of nitrogens with zero attached hydrogens (tertiary/aromatic N) is 1. The van der Waals surface area contributed by atoms with Crippen LogP contribution in [0.5, 0.6) is 11.5 Å². The van der Waals surface area contributed by atoms with Gasteiger partial charge in [0.05, 0.1) is 26.2 Å². The van der Waals surface area contributed by atoms with Gasteiger partial charge in [-0.2, -0.15) is 4.40 Å². The van der Waals surface area contributed by atoms with Crippen LogP contribution in [-0.4, -0.2) is 34.6 Å². The molecule has 5 nitrogen and oxygen atoms in total. The van der Waals surface area contributed by atoms with Crippen LogP contribution in [0.2, 0.25) is 0 Å². The van der Waals surface area contributed by atoms with E-state index in [0.29, 0.717) is 17.2 Å². The van der Waals surface area contributed by atoms with Crippen molar-refractivity contribution in [2.75, 3.05) is 20.5 Å². The van der Waals surface area contributed by atoms with Crippen LogP contribution < -0.4 is 9.47 Å². The molecule has 0 spiro atoms. The van der Waals surface area contributed by atoms with Crippen LogP contribution >= 0.6 is 0 Å². The van der Waals surface area contributed by atoms with Gasteiger partial charge in [0.15, 0.2) is 0 Å². The Bertz CT molecular complexity index is 884. The quantitative estimate of drug-likeness (QED) is 0.694. The van der Waals surface area contributed by atoms with E-state index < -0.39 is 10.0 Å². The van der Waals surface area contributed by atoms with Crippen molar-refractivity contribution in [3.05, 3.63) is 71.8 Å². The highest BCUT2D eigenvalue weighted by Gasteiger charge is 2.02. The number of ether oxygens (including phenoxy) is 2. The summed E-state index contributed by atoms with van der Waals surface area (Å²) in [4.78, 5) is 0. The zero-order chi connectivity index (χ0) is 19.0. The van der Waals surface area contributed by atoms with Crippen molar-refractivity contribution in [2.24, 2.45) is 4.40 Å². The molecule has 0 aliphatic heterocycles. The molecule has 26 heavy (non-hydrogen) atoms. The molecule has 0 saturated heterocycles. The Hall–Kier alpha value is -2.86. The van der Waals surface area contributed by atoms with E-state index in [1.807, 2.05) is 48.5 Å². The van der Waals surface area contributed by atoms with Gasteiger partial charge in [0, 0.05) is 11.1 Å². The van der Waals surface area contributed by atoms with Crippen LogP contribution in [0, 0.1) is 0 Å². The van der Waals surface area contributed by atoms with Gasteiger partial charge in [-0.05, 0) is 36.4 Å². The van der Waals surface area contributed by atoms with Crippen LogP contribution in [0.4, 0.5) is 0 Å². The van der Waals surface area contributed by atoms with Gasteiger partial charge in [0.25, 0.3) is 10.0 Å². The van der Waals surface area contributed by atoms with E-state index in [0.717, 1.165) is 17.4 Å². The lowest BCUT2D eigenvalue weighted by Crippen LogP contribution is -1.97. The smallest absolute Gasteiger partial charge is 0.250 e. The Morgan fingerprint density at radius 2 is 1.27 bits per heavy atom. The third kappa shape index (κ3) is 5.89. The number of hydrogen-bond acceptors (Lipinski definition) is 4. The molecule has 0 radical (unpaired) electrons. The molecule has 0 N–H and O–H groups in total. The van der Waals surface area contributed by atoms with Crippen molar-refractivity contribution in [1.29, 1.82) is 0 Å². The summed E-state index contributed by atoms with van der Waals surface area (Å²) in [5.41, 5.74) is 1.94. The number of benzene rings is 2. The summed E-state index contributed by atoms with van der Waals surface area (Å²) >= 11 is 0. The van der Waals surface area contributed by atoms with Gasteiger partial charge < -0.3 is 9.47 Å². The molecular formula is C20H21NO4S. The summed E-state index contributed by atoms with van der Waals surface area (Å²) in [6.07, 6.45) is 7.83. The van der Waals surface area contributed by atoms with E-state index in [9.17, 15) is 8.42 Å². The first-order valence-corrected chi connectivity index (χ1v) is 9.70. The number of hydrogen-bond donors (Lipinski definition) is 0. The van der Waals surface area contributed by atoms with Crippen molar-refractivity contribution < 1.29 is 17.9 Å². The lowest BCUT2D eigenvalue weighted by molar-refractivity contribution is 0.414. The second-order valence-electron chi connectivity index (χ2n) is 5.40. The summed E-state index contributed by atoms with van der Waals surface area (Å²) in [6.45, 7) is 0. The number of rotatable bonds is 7. The fourth-order valence-electron chi connectivity index (χ4n) is 2.27. The van der Waals surface area contributed by atoms with E-state index in [2.05, 4.69) is 4.40 Å². The second-order valence-corrected chi connectivity index (χ2v) is 7.05. The fourth-order valence-corrected chi connectivity index (χ4v) is 2.77. The number of para-hydroxylation sites is 2. The molecule has 0 fully saturated rings. The van der Waals surface area contributed by atoms with Gasteiger partial charge in [-0.3, -0.25) is 0 Å². The molecule has 0 unspecified atom stereocenters. The van der Waals surface area contributed by atoms with E-state index in [4.69, 9.17) is 9.47 Å². The van der Waals surface area contributed by atoms with E-state index in [1.165, 1.54) is 0 Å². The van der Waals surface area contributed by atoms with Crippen LogP contribution in [0.3, 0.4) is 0 Å². The average Bonchev–Trinajstić information content (AvgIpc) is 2.63. The first-order chi connectivity index (χ1) is 12.4. The zero-order valence-electron chi connectivity index (χ0n) is 14.9. The summed E-state index contributed by atoms with van der Waals surface area (Å²) in [6, 6.07) is 14.9. The second kappa shape index (κ2) is 9.01. The predicted molar refractivity (Wildman–Crippen MR) is 106 cm³/mol. The van der Waals surface area contributed by atoms with Crippen molar-refractivity contribution in [3.63, 3.8) is 0 Å². The molecule has 0 bridgehead atoms. The Labute approximate surface area is 154 Å². The van der Waals surface area contributed by atoms with E-state index in [1.54, 1.807) is 38.5 Å². The highest BCUT2D eigenvalue weighted by molar-refractivity contribution is 7.89. The third-order valence-electron chi connectivity index (χ3n) is 3.42. The Kier molecular flexibility index (Phi) is 6.74.